The molecule has 7 rings (SSSR count). The van der Waals surface area contributed by atoms with Gasteiger partial charge in [0.15, 0.2) is 0 Å². The minimum atomic E-state index is -0.783. The fraction of sp³-hybridized carbons (Fsp3) is 0.500. The number of carboxylic acid groups (broad SMARTS) is 1. The first kappa shape index (κ1) is 24.5. The maximum atomic E-state index is 11.7. The zero-order valence-electron chi connectivity index (χ0n) is 22.3. The largest absolute Gasteiger partial charge is 0.477 e. The number of ether oxygens (including phenoxy) is 2. The van der Waals surface area contributed by atoms with E-state index < -0.39 is 6.09 Å². The highest BCUT2D eigenvalue weighted by atomic mass is 16.5. The van der Waals surface area contributed by atoms with Gasteiger partial charge in [-0.25, -0.2) is 9.48 Å². The van der Waals surface area contributed by atoms with E-state index in [9.17, 15) is 9.90 Å². The first-order valence-electron chi connectivity index (χ1n) is 14.2. The Morgan fingerprint density at radius 3 is 2.62 bits per heavy atom. The lowest BCUT2D eigenvalue weighted by molar-refractivity contribution is -0.0394. The molecule has 0 spiro atoms. The van der Waals surface area contributed by atoms with Crippen molar-refractivity contribution >= 4 is 11.9 Å². The summed E-state index contributed by atoms with van der Waals surface area (Å²) in [5.74, 6) is 1.54. The maximum absolute atomic E-state index is 11.7. The predicted molar refractivity (Wildman–Crippen MR) is 147 cm³/mol. The van der Waals surface area contributed by atoms with Crippen LogP contribution in [0.1, 0.15) is 56.7 Å². The Balaban J connectivity index is 1.12. The van der Waals surface area contributed by atoms with Crippen molar-refractivity contribution in [2.45, 2.75) is 75.7 Å². The second-order valence-corrected chi connectivity index (χ2v) is 11.3. The van der Waals surface area contributed by atoms with Gasteiger partial charge in [-0.1, -0.05) is 18.2 Å². The second-order valence-electron chi connectivity index (χ2n) is 11.3. The number of benzene rings is 1. The molecule has 0 radical (unpaired) electrons. The van der Waals surface area contributed by atoms with Crippen molar-refractivity contribution in [2.24, 2.45) is 0 Å². The number of nitrogens with zero attached hydrogens (tertiary/aromatic N) is 5. The molecule has 0 aliphatic carbocycles. The summed E-state index contributed by atoms with van der Waals surface area (Å²) in [6, 6.07) is 11.3. The molecule has 3 unspecified atom stereocenters. The Hall–Kier alpha value is -3.59. The van der Waals surface area contributed by atoms with Crippen LogP contribution in [0, 0.1) is 0 Å². The first-order chi connectivity index (χ1) is 19.0. The number of aromatic nitrogens is 3. The molecule has 39 heavy (non-hydrogen) atoms. The monoisotopic (exact) mass is 529 g/mol. The van der Waals surface area contributed by atoms with Crippen LogP contribution >= 0.6 is 0 Å². The number of fused-ring (bicyclic) bond motifs is 5. The van der Waals surface area contributed by atoms with Crippen molar-refractivity contribution in [1.82, 2.24) is 19.7 Å². The number of carbonyl (C=O) groups is 1. The van der Waals surface area contributed by atoms with Gasteiger partial charge in [-0.2, -0.15) is 10.1 Å². The van der Waals surface area contributed by atoms with Crippen LogP contribution in [0.2, 0.25) is 0 Å². The Morgan fingerprint density at radius 2 is 1.85 bits per heavy atom. The highest BCUT2D eigenvalue weighted by molar-refractivity contribution is 5.77. The smallest absolute Gasteiger partial charge is 0.407 e. The summed E-state index contributed by atoms with van der Waals surface area (Å²) in [6.45, 7) is 1.37. The van der Waals surface area contributed by atoms with E-state index in [1.54, 1.807) is 4.90 Å². The molecule has 3 saturated heterocycles. The molecule has 1 amide bonds. The van der Waals surface area contributed by atoms with E-state index >= 15 is 0 Å². The number of pyridine rings is 1. The number of piperidine rings is 1. The highest BCUT2D eigenvalue weighted by Gasteiger charge is 2.44. The van der Waals surface area contributed by atoms with Crippen molar-refractivity contribution in [3.63, 3.8) is 0 Å². The molecule has 2 aromatic heterocycles. The van der Waals surface area contributed by atoms with Crippen LogP contribution in [0.15, 0.2) is 42.7 Å². The molecule has 204 valence electrons. The third-order valence-electron chi connectivity index (χ3n) is 9.07. The van der Waals surface area contributed by atoms with Gasteiger partial charge in [0, 0.05) is 55.5 Å². The van der Waals surface area contributed by atoms with Crippen LogP contribution in [-0.4, -0.2) is 69.3 Å². The molecule has 0 saturated carbocycles. The van der Waals surface area contributed by atoms with Crippen LogP contribution in [0.25, 0.3) is 22.3 Å². The number of rotatable bonds is 4. The van der Waals surface area contributed by atoms with Gasteiger partial charge in [0.25, 0.3) is 0 Å². The summed E-state index contributed by atoms with van der Waals surface area (Å²) in [7, 11) is 2.07. The molecule has 1 aromatic carbocycles. The summed E-state index contributed by atoms with van der Waals surface area (Å²) in [6.07, 6.45) is 11.0. The van der Waals surface area contributed by atoms with Crippen molar-refractivity contribution in [3.8, 4) is 28.1 Å². The molecule has 4 aliphatic heterocycles. The van der Waals surface area contributed by atoms with Gasteiger partial charge in [-0.05, 0) is 73.8 Å². The second kappa shape index (κ2) is 9.86. The molecule has 9 heteroatoms. The molecule has 6 heterocycles. The molecule has 2 bridgehead atoms. The molecule has 9 nitrogen and oxygen atoms in total. The van der Waals surface area contributed by atoms with Crippen LogP contribution in [-0.2, 0) is 11.2 Å². The minimum Gasteiger partial charge on any atom is -0.477 e. The fourth-order valence-electron chi connectivity index (χ4n) is 6.98. The Morgan fingerprint density at radius 1 is 1.03 bits per heavy atom. The predicted octanol–water partition coefficient (Wildman–Crippen LogP) is 5.36. The standard InChI is InChI=1S/C30H35N5O4/c1-33(24-15-22-6-7-23(16-24)35(22)30(36)37)27-10-9-26-25-8-5-19(14-20(25)11-13-39-29(26)32-27)21-17-31-34(18-21)28-4-2-3-12-38-28/h5,8-10,14,17-18,22-24,28H,2-4,6-7,11-13,15-16H2,1H3,(H,36,37). The van der Waals surface area contributed by atoms with Gasteiger partial charge in [0.2, 0.25) is 5.88 Å². The molecule has 1 N–H and O–H groups in total. The van der Waals surface area contributed by atoms with E-state index in [2.05, 4.69) is 53.6 Å². The van der Waals surface area contributed by atoms with E-state index in [0.717, 1.165) is 79.6 Å². The number of anilines is 1. The zero-order chi connectivity index (χ0) is 26.5. The number of hydrogen-bond acceptors (Lipinski definition) is 6. The third-order valence-corrected chi connectivity index (χ3v) is 9.07. The van der Waals surface area contributed by atoms with Crippen molar-refractivity contribution in [2.75, 3.05) is 25.2 Å². The van der Waals surface area contributed by atoms with E-state index in [1.807, 2.05) is 10.9 Å². The van der Waals surface area contributed by atoms with E-state index in [0.29, 0.717) is 12.5 Å². The fourth-order valence-corrected chi connectivity index (χ4v) is 6.98. The average Bonchev–Trinajstić information content (AvgIpc) is 3.50. The summed E-state index contributed by atoms with van der Waals surface area (Å²) < 4.78 is 14.0. The van der Waals surface area contributed by atoms with Crippen LogP contribution in [0.5, 0.6) is 5.88 Å². The maximum Gasteiger partial charge on any atom is 0.407 e. The van der Waals surface area contributed by atoms with Gasteiger partial charge in [0.05, 0.1) is 12.8 Å². The molecule has 3 aromatic rings. The van der Waals surface area contributed by atoms with E-state index in [4.69, 9.17) is 14.5 Å². The van der Waals surface area contributed by atoms with Crippen molar-refractivity contribution in [1.29, 1.82) is 0 Å². The number of amides is 1. The SMILES string of the molecule is CN(c1ccc2c(n1)OCCc1cc(-c3cnn(C4CCCCO4)c3)ccc1-2)C1CC2CCC(C1)N2C(=O)O. The van der Waals surface area contributed by atoms with E-state index in [1.165, 1.54) is 12.0 Å². The zero-order valence-corrected chi connectivity index (χ0v) is 22.3. The molecule has 3 fully saturated rings. The molecule has 4 aliphatic rings. The highest BCUT2D eigenvalue weighted by Crippen LogP contribution is 2.41. The average molecular weight is 530 g/mol. The summed E-state index contributed by atoms with van der Waals surface area (Å²) in [4.78, 5) is 20.5. The first-order valence-corrected chi connectivity index (χ1v) is 14.2. The summed E-state index contributed by atoms with van der Waals surface area (Å²) in [5, 5.41) is 14.2. The third kappa shape index (κ3) is 4.42. The number of hydrogen-bond donors (Lipinski definition) is 1. The van der Waals surface area contributed by atoms with Crippen LogP contribution < -0.4 is 9.64 Å². The van der Waals surface area contributed by atoms with Crippen molar-refractivity contribution in [3.05, 3.63) is 48.3 Å². The summed E-state index contributed by atoms with van der Waals surface area (Å²) >= 11 is 0. The van der Waals surface area contributed by atoms with Gasteiger partial charge in [-0.15, -0.1) is 0 Å². The molecular weight excluding hydrogens is 494 g/mol. The quantitative estimate of drug-likeness (QED) is 0.487. The lowest BCUT2D eigenvalue weighted by Gasteiger charge is -2.41. The van der Waals surface area contributed by atoms with Gasteiger partial charge in [0.1, 0.15) is 12.0 Å². The normalized spacial score (nSPS) is 25.8. The molecule has 3 atom stereocenters. The van der Waals surface area contributed by atoms with Gasteiger partial charge >= 0.3 is 6.09 Å². The van der Waals surface area contributed by atoms with Crippen molar-refractivity contribution < 1.29 is 19.4 Å². The van der Waals surface area contributed by atoms with E-state index in [-0.39, 0.29) is 24.4 Å². The Labute approximate surface area is 228 Å². The van der Waals surface area contributed by atoms with Crippen LogP contribution in [0.4, 0.5) is 10.6 Å². The lowest BCUT2D eigenvalue weighted by Crippen LogP contribution is -2.51. The Kier molecular flexibility index (Phi) is 6.18. The Bertz CT molecular complexity index is 1370. The topological polar surface area (TPSA) is 93.0 Å². The molecular formula is C30H35N5O4. The van der Waals surface area contributed by atoms with Crippen LogP contribution in [0.3, 0.4) is 0 Å². The van der Waals surface area contributed by atoms with Gasteiger partial charge in [-0.3, -0.25) is 0 Å². The lowest BCUT2D eigenvalue weighted by atomic mass is 9.95. The summed E-state index contributed by atoms with van der Waals surface area (Å²) in [5.41, 5.74) is 5.65. The van der Waals surface area contributed by atoms with Gasteiger partial charge < -0.3 is 24.4 Å². The minimum absolute atomic E-state index is 0.0342.